The Hall–Kier alpha value is -2.27. The fraction of sp³-hybridized carbons (Fsp3) is 0.429. The van der Waals surface area contributed by atoms with Crippen molar-refractivity contribution in [1.82, 2.24) is 14.5 Å². The molecule has 3 rings (SSSR count). The van der Waals surface area contributed by atoms with E-state index in [4.69, 9.17) is 0 Å². The fourth-order valence-electron chi connectivity index (χ4n) is 3.65. The third-order valence-corrected chi connectivity index (χ3v) is 8.58. The maximum atomic E-state index is 12.9. The molecule has 0 fully saturated rings. The largest absolute Gasteiger partial charge is 0.355 e. The normalized spacial score (nSPS) is 14.4. The van der Waals surface area contributed by atoms with E-state index >= 15 is 0 Å². The van der Waals surface area contributed by atoms with Crippen LogP contribution in [0.1, 0.15) is 45.0 Å². The molecule has 0 saturated carbocycles. The van der Waals surface area contributed by atoms with Crippen molar-refractivity contribution in [3.05, 3.63) is 45.8 Å². The van der Waals surface area contributed by atoms with Gasteiger partial charge in [0.15, 0.2) is 0 Å². The van der Waals surface area contributed by atoms with Crippen LogP contribution in [0.15, 0.2) is 29.2 Å². The second-order valence-electron chi connectivity index (χ2n) is 7.34. The van der Waals surface area contributed by atoms with Crippen molar-refractivity contribution >= 4 is 38.2 Å². The van der Waals surface area contributed by atoms with Gasteiger partial charge in [-0.3, -0.25) is 9.59 Å². The third-order valence-electron chi connectivity index (χ3n) is 5.39. The summed E-state index contributed by atoms with van der Waals surface area (Å²) in [6, 6.07) is 5.87. The maximum absolute atomic E-state index is 12.9. The molecule has 2 heterocycles. The van der Waals surface area contributed by atoms with E-state index in [1.165, 1.54) is 39.9 Å². The molecule has 1 aromatic carbocycles. The van der Waals surface area contributed by atoms with Crippen LogP contribution in [0.3, 0.4) is 0 Å². The SMILES string of the molecule is CCN(CC)S(=O)(=O)c1ccc(C(=O)Nc2sc3c(c2C(=O)NC)CCN(C)C3)cc1. The lowest BCUT2D eigenvalue weighted by Crippen LogP contribution is -2.30. The molecule has 31 heavy (non-hydrogen) atoms. The molecular formula is C21H28N4O4S2. The molecule has 1 aliphatic rings. The summed E-state index contributed by atoms with van der Waals surface area (Å²) in [6.07, 6.45) is 0.749. The van der Waals surface area contributed by atoms with E-state index in [1.54, 1.807) is 20.9 Å². The Balaban J connectivity index is 1.86. The van der Waals surface area contributed by atoms with Crippen molar-refractivity contribution < 1.29 is 18.0 Å². The number of sulfonamides is 1. The Morgan fingerprint density at radius 1 is 1.13 bits per heavy atom. The van der Waals surface area contributed by atoms with Crippen LogP contribution in [0.2, 0.25) is 0 Å². The second-order valence-corrected chi connectivity index (χ2v) is 10.4. The van der Waals surface area contributed by atoms with E-state index < -0.39 is 10.0 Å². The molecule has 0 unspecified atom stereocenters. The van der Waals surface area contributed by atoms with Gasteiger partial charge in [0.2, 0.25) is 10.0 Å². The van der Waals surface area contributed by atoms with E-state index in [2.05, 4.69) is 15.5 Å². The van der Waals surface area contributed by atoms with Crippen LogP contribution in [-0.4, -0.2) is 63.2 Å². The van der Waals surface area contributed by atoms with Crippen molar-refractivity contribution in [1.29, 1.82) is 0 Å². The number of likely N-dealkylation sites (N-methyl/N-ethyl adjacent to an activating group) is 1. The first-order chi connectivity index (χ1) is 14.7. The lowest BCUT2D eigenvalue weighted by Gasteiger charge is -2.22. The molecule has 0 aliphatic carbocycles. The topological polar surface area (TPSA) is 98.8 Å². The maximum Gasteiger partial charge on any atom is 0.256 e. The van der Waals surface area contributed by atoms with Gasteiger partial charge < -0.3 is 15.5 Å². The zero-order chi connectivity index (χ0) is 22.8. The van der Waals surface area contributed by atoms with E-state index in [0.717, 1.165) is 30.0 Å². The monoisotopic (exact) mass is 464 g/mol. The summed E-state index contributed by atoms with van der Waals surface area (Å²) in [4.78, 5) is 28.8. The van der Waals surface area contributed by atoms with Crippen LogP contribution in [0.4, 0.5) is 5.00 Å². The molecule has 1 aliphatic heterocycles. The predicted octanol–water partition coefficient (Wildman–Crippen LogP) is 2.38. The minimum absolute atomic E-state index is 0.147. The molecule has 1 aromatic heterocycles. The van der Waals surface area contributed by atoms with Gasteiger partial charge in [-0.05, 0) is 43.3 Å². The first kappa shape index (κ1) is 23.4. The Bertz CT molecular complexity index is 1070. The van der Waals surface area contributed by atoms with Crippen molar-refractivity contribution in [3.8, 4) is 0 Å². The van der Waals surface area contributed by atoms with Gasteiger partial charge in [-0.25, -0.2) is 8.42 Å². The Morgan fingerprint density at radius 2 is 1.77 bits per heavy atom. The molecule has 10 heteroatoms. The molecule has 168 valence electrons. The third kappa shape index (κ3) is 4.67. The number of rotatable bonds is 7. The summed E-state index contributed by atoms with van der Waals surface area (Å²) in [6.45, 7) is 5.90. The number of fused-ring (bicyclic) bond motifs is 1. The Labute approximate surface area is 187 Å². The van der Waals surface area contributed by atoms with Crippen molar-refractivity contribution in [2.75, 3.05) is 39.0 Å². The van der Waals surface area contributed by atoms with Gasteiger partial charge >= 0.3 is 0 Å². The van der Waals surface area contributed by atoms with E-state index in [-0.39, 0.29) is 16.7 Å². The van der Waals surface area contributed by atoms with Gasteiger partial charge in [-0.2, -0.15) is 4.31 Å². The highest BCUT2D eigenvalue weighted by Crippen LogP contribution is 2.37. The Morgan fingerprint density at radius 3 is 2.35 bits per heavy atom. The molecule has 2 aromatic rings. The number of nitrogens with one attached hydrogen (secondary N) is 2. The molecule has 0 saturated heterocycles. The summed E-state index contributed by atoms with van der Waals surface area (Å²) >= 11 is 1.41. The first-order valence-corrected chi connectivity index (χ1v) is 12.4. The average Bonchev–Trinajstić information content (AvgIpc) is 3.10. The van der Waals surface area contributed by atoms with Crippen LogP contribution in [0.5, 0.6) is 0 Å². The molecule has 0 radical (unpaired) electrons. The smallest absolute Gasteiger partial charge is 0.256 e. The number of hydrogen-bond donors (Lipinski definition) is 2. The predicted molar refractivity (Wildman–Crippen MR) is 122 cm³/mol. The van der Waals surface area contributed by atoms with Gasteiger partial charge in [0, 0.05) is 43.7 Å². The number of benzene rings is 1. The van der Waals surface area contributed by atoms with Crippen LogP contribution >= 0.6 is 11.3 Å². The van der Waals surface area contributed by atoms with Gasteiger partial charge in [0.1, 0.15) is 5.00 Å². The van der Waals surface area contributed by atoms with Crippen molar-refractivity contribution in [2.24, 2.45) is 0 Å². The van der Waals surface area contributed by atoms with Crippen molar-refractivity contribution in [2.45, 2.75) is 31.7 Å². The standard InChI is InChI=1S/C21H28N4O4S2/c1-5-25(6-2)31(28,29)15-9-7-14(8-10-15)19(26)23-21-18(20(27)22-3)16-11-12-24(4)13-17(16)30-21/h7-10H,5-6,11-13H2,1-4H3,(H,22,27)(H,23,26). The molecule has 0 atom stereocenters. The summed E-state index contributed by atoms with van der Waals surface area (Å²) in [5.41, 5.74) is 1.83. The molecule has 8 nitrogen and oxygen atoms in total. The molecule has 0 spiro atoms. The van der Waals surface area contributed by atoms with Crippen molar-refractivity contribution in [3.63, 3.8) is 0 Å². The average molecular weight is 465 g/mol. The summed E-state index contributed by atoms with van der Waals surface area (Å²) in [7, 11) is 0.00841. The van der Waals surface area contributed by atoms with E-state index in [0.29, 0.717) is 29.2 Å². The highest BCUT2D eigenvalue weighted by molar-refractivity contribution is 7.89. The molecular weight excluding hydrogens is 436 g/mol. The molecule has 2 N–H and O–H groups in total. The lowest BCUT2D eigenvalue weighted by molar-refractivity contribution is 0.0963. The molecule has 0 bridgehead atoms. The summed E-state index contributed by atoms with van der Waals surface area (Å²) in [5.74, 6) is -0.609. The zero-order valence-corrected chi connectivity index (χ0v) is 19.8. The van der Waals surface area contributed by atoms with Gasteiger partial charge in [0.25, 0.3) is 11.8 Å². The zero-order valence-electron chi connectivity index (χ0n) is 18.2. The van der Waals surface area contributed by atoms with Gasteiger partial charge in [-0.15, -0.1) is 11.3 Å². The number of anilines is 1. The van der Waals surface area contributed by atoms with E-state index in [1.807, 2.05) is 7.05 Å². The van der Waals surface area contributed by atoms with Gasteiger partial charge in [-0.1, -0.05) is 13.8 Å². The number of hydrogen-bond acceptors (Lipinski definition) is 6. The van der Waals surface area contributed by atoms with Crippen LogP contribution < -0.4 is 10.6 Å². The number of nitrogens with zero attached hydrogens (tertiary/aromatic N) is 2. The summed E-state index contributed by atoms with van der Waals surface area (Å²) in [5, 5.41) is 6.04. The minimum Gasteiger partial charge on any atom is -0.355 e. The number of amides is 2. The second kappa shape index (κ2) is 9.47. The highest BCUT2D eigenvalue weighted by Gasteiger charge is 2.28. The summed E-state index contributed by atoms with van der Waals surface area (Å²) < 4.78 is 26.6. The van der Waals surface area contributed by atoms with Gasteiger partial charge in [0.05, 0.1) is 10.5 Å². The van der Waals surface area contributed by atoms with Crippen LogP contribution in [0, 0.1) is 0 Å². The number of carbonyl (C=O) groups is 2. The van der Waals surface area contributed by atoms with Crippen LogP contribution in [-0.2, 0) is 23.0 Å². The highest BCUT2D eigenvalue weighted by atomic mass is 32.2. The molecule has 2 amide bonds. The van der Waals surface area contributed by atoms with Crippen LogP contribution in [0.25, 0.3) is 0 Å². The first-order valence-electron chi connectivity index (χ1n) is 10.2. The number of thiophene rings is 1. The number of carbonyl (C=O) groups excluding carboxylic acids is 2. The minimum atomic E-state index is -3.59. The van der Waals surface area contributed by atoms with E-state index in [9.17, 15) is 18.0 Å². The fourth-order valence-corrected chi connectivity index (χ4v) is 6.43. The Kier molecular flexibility index (Phi) is 7.15. The quantitative estimate of drug-likeness (QED) is 0.656. The lowest BCUT2D eigenvalue weighted by atomic mass is 10.0.